The van der Waals surface area contributed by atoms with Crippen molar-refractivity contribution in [3.05, 3.63) is 28.7 Å². The van der Waals surface area contributed by atoms with E-state index in [-0.39, 0.29) is 24.5 Å². The van der Waals surface area contributed by atoms with Crippen molar-refractivity contribution in [1.29, 1.82) is 0 Å². The number of carbonyl (C=O) groups is 1. The smallest absolute Gasteiger partial charge is 0.326 e. The molecule has 1 aromatic rings. The second-order valence-electron chi connectivity index (χ2n) is 4.49. The van der Waals surface area contributed by atoms with E-state index in [1.807, 2.05) is 13.8 Å². The Morgan fingerprint density at radius 1 is 1.14 bits per heavy atom. The Hall–Kier alpha value is -1.82. The second-order valence-corrected chi connectivity index (χ2v) is 4.49. The Labute approximate surface area is 124 Å². The van der Waals surface area contributed by atoms with Gasteiger partial charge in [0, 0.05) is 12.8 Å². The lowest BCUT2D eigenvalue weighted by Crippen LogP contribution is -2.26. The molecule has 0 aliphatic heterocycles. The molecule has 1 aromatic heterocycles. The molecular formula is C15H23NO5. The van der Waals surface area contributed by atoms with Gasteiger partial charge in [0.2, 0.25) is 0 Å². The normalized spacial score (nSPS) is 10.4. The SMILES string of the molecule is CCCOCCOC(=O)Cn1cccc(OCCC)c1=O. The van der Waals surface area contributed by atoms with Gasteiger partial charge in [0.05, 0.1) is 13.2 Å². The summed E-state index contributed by atoms with van der Waals surface area (Å²) in [5.74, 6) is -0.219. The van der Waals surface area contributed by atoms with Crippen molar-refractivity contribution < 1.29 is 19.0 Å². The average molecular weight is 297 g/mol. The molecule has 0 aliphatic carbocycles. The molecule has 0 spiro atoms. The topological polar surface area (TPSA) is 66.8 Å². The minimum atomic E-state index is -0.468. The van der Waals surface area contributed by atoms with Crippen LogP contribution in [0.15, 0.2) is 23.1 Å². The highest BCUT2D eigenvalue weighted by Gasteiger charge is 2.09. The lowest BCUT2D eigenvalue weighted by Gasteiger charge is -2.09. The highest BCUT2D eigenvalue weighted by Crippen LogP contribution is 2.02. The molecule has 0 aromatic carbocycles. The van der Waals surface area contributed by atoms with Crippen LogP contribution in [0.25, 0.3) is 0 Å². The van der Waals surface area contributed by atoms with E-state index in [2.05, 4.69) is 0 Å². The molecule has 118 valence electrons. The molecule has 21 heavy (non-hydrogen) atoms. The first-order valence-corrected chi connectivity index (χ1v) is 7.24. The highest BCUT2D eigenvalue weighted by molar-refractivity contribution is 5.69. The summed E-state index contributed by atoms with van der Waals surface area (Å²) >= 11 is 0. The molecule has 6 nitrogen and oxygen atoms in total. The Bertz CT molecular complexity index is 483. The Balaban J connectivity index is 2.46. The molecule has 0 atom stereocenters. The molecule has 0 fully saturated rings. The van der Waals surface area contributed by atoms with Gasteiger partial charge in [0.25, 0.3) is 5.56 Å². The molecule has 0 aliphatic rings. The van der Waals surface area contributed by atoms with Crippen LogP contribution in [0.3, 0.4) is 0 Å². The zero-order chi connectivity index (χ0) is 15.5. The van der Waals surface area contributed by atoms with Crippen LogP contribution in [-0.2, 0) is 20.8 Å². The van der Waals surface area contributed by atoms with Gasteiger partial charge in [-0.2, -0.15) is 0 Å². The Morgan fingerprint density at radius 3 is 2.62 bits per heavy atom. The van der Waals surface area contributed by atoms with E-state index in [0.717, 1.165) is 12.8 Å². The number of hydrogen-bond acceptors (Lipinski definition) is 5. The van der Waals surface area contributed by atoms with Gasteiger partial charge in [-0.25, -0.2) is 0 Å². The van der Waals surface area contributed by atoms with Crippen LogP contribution >= 0.6 is 0 Å². The van der Waals surface area contributed by atoms with Crippen molar-refractivity contribution >= 4 is 5.97 Å². The molecule has 0 radical (unpaired) electrons. The number of esters is 1. The number of hydrogen-bond donors (Lipinski definition) is 0. The fourth-order valence-electron chi connectivity index (χ4n) is 1.61. The first-order valence-electron chi connectivity index (χ1n) is 7.24. The number of rotatable bonds is 10. The van der Waals surface area contributed by atoms with Gasteiger partial charge in [-0.1, -0.05) is 13.8 Å². The van der Waals surface area contributed by atoms with E-state index in [1.165, 1.54) is 10.8 Å². The van der Waals surface area contributed by atoms with Crippen molar-refractivity contribution in [1.82, 2.24) is 4.57 Å². The summed E-state index contributed by atoms with van der Waals surface area (Å²) < 4.78 is 16.8. The summed E-state index contributed by atoms with van der Waals surface area (Å²) in [7, 11) is 0. The summed E-state index contributed by atoms with van der Waals surface area (Å²) in [6.45, 7) is 5.52. The average Bonchev–Trinajstić information content (AvgIpc) is 2.48. The zero-order valence-corrected chi connectivity index (χ0v) is 12.7. The lowest BCUT2D eigenvalue weighted by molar-refractivity contribution is -0.146. The quantitative estimate of drug-likeness (QED) is 0.485. The summed E-state index contributed by atoms with van der Waals surface area (Å²) in [6, 6.07) is 3.27. The molecule has 1 rings (SSSR count). The number of nitrogens with zero attached hydrogens (tertiary/aromatic N) is 1. The Kier molecular flexibility index (Phi) is 8.19. The monoisotopic (exact) mass is 297 g/mol. The molecule has 0 unspecified atom stereocenters. The molecule has 0 amide bonds. The van der Waals surface area contributed by atoms with Crippen LogP contribution < -0.4 is 10.3 Å². The van der Waals surface area contributed by atoms with Crippen LogP contribution in [0.1, 0.15) is 26.7 Å². The number of ether oxygens (including phenoxy) is 3. The summed E-state index contributed by atoms with van der Waals surface area (Å²) in [5.41, 5.74) is -0.329. The number of aromatic nitrogens is 1. The fourth-order valence-corrected chi connectivity index (χ4v) is 1.61. The maximum Gasteiger partial charge on any atom is 0.326 e. The summed E-state index contributed by atoms with van der Waals surface area (Å²) in [6.07, 6.45) is 3.28. The minimum Gasteiger partial charge on any atom is -0.488 e. The highest BCUT2D eigenvalue weighted by atomic mass is 16.6. The molecule has 0 saturated heterocycles. The zero-order valence-electron chi connectivity index (χ0n) is 12.7. The van der Waals surface area contributed by atoms with Crippen LogP contribution in [-0.4, -0.2) is 37.0 Å². The lowest BCUT2D eigenvalue weighted by atomic mass is 10.4. The van der Waals surface area contributed by atoms with Gasteiger partial charge in [-0.05, 0) is 25.0 Å². The minimum absolute atomic E-state index is 0.129. The molecular weight excluding hydrogens is 274 g/mol. The molecule has 0 N–H and O–H groups in total. The standard InChI is InChI=1S/C15H23NO5/c1-3-8-19-10-11-21-14(17)12-16-7-5-6-13(15(16)18)20-9-4-2/h5-7H,3-4,8-12H2,1-2H3. The predicted molar refractivity (Wildman–Crippen MR) is 78.6 cm³/mol. The van der Waals surface area contributed by atoms with E-state index in [9.17, 15) is 9.59 Å². The van der Waals surface area contributed by atoms with Crippen LogP contribution in [0.5, 0.6) is 5.75 Å². The molecule has 0 saturated carbocycles. The molecule has 0 bridgehead atoms. The fraction of sp³-hybridized carbons (Fsp3) is 0.600. The summed E-state index contributed by atoms with van der Waals surface area (Å²) in [4.78, 5) is 23.7. The van der Waals surface area contributed by atoms with Gasteiger partial charge >= 0.3 is 5.97 Å². The van der Waals surface area contributed by atoms with E-state index in [0.29, 0.717) is 19.8 Å². The van der Waals surface area contributed by atoms with E-state index in [1.54, 1.807) is 12.1 Å². The third kappa shape index (κ3) is 6.44. The second kappa shape index (κ2) is 9.99. The van der Waals surface area contributed by atoms with Crippen molar-refractivity contribution in [2.24, 2.45) is 0 Å². The first-order chi connectivity index (χ1) is 10.2. The largest absolute Gasteiger partial charge is 0.488 e. The third-order valence-corrected chi connectivity index (χ3v) is 2.59. The van der Waals surface area contributed by atoms with Crippen LogP contribution in [0.4, 0.5) is 0 Å². The van der Waals surface area contributed by atoms with Gasteiger partial charge in [0.1, 0.15) is 13.2 Å². The van der Waals surface area contributed by atoms with E-state index < -0.39 is 5.97 Å². The van der Waals surface area contributed by atoms with E-state index >= 15 is 0 Å². The van der Waals surface area contributed by atoms with Gasteiger partial charge < -0.3 is 18.8 Å². The van der Waals surface area contributed by atoms with Crippen LogP contribution in [0.2, 0.25) is 0 Å². The number of pyridine rings is 1. The van der Waals surface area contributed by atoms with Crippen molar-refractivity contribution in [2.75, 3.05) is 26.4 Å². The number of carbonyl (C=O) groups excluding carboxylic acids is 1. The Morgan fingerprint density at radius 2 is 1.90 bits per heavy atom. The van der Waals surface area contributed by atoms with Gasteiger partial charge in [-0.15, -0.1) is 0 Å². The summed E-state index contributed by atoms with van der Waals surface area (Å²) in [5, 5.41) is 0. The third-order valence-electron chi connectivity index (χ3n) is 2.59. The van der Waals surface area contributed by atoms with Crippen molar-refractivity contribution in [3.63, 3.8) is 0 Å². The molecule has 6 heteroatoms. The first kappa shape index (κ1) is 17.2. The van der Waals surface area contributed by atoms with Crippen molar-refractivity contribution in [2.45, 2.75) is 33.2 Å². The van der Waals surface area contributed by atoms with E-state index in [4.69, 9.17) is 14.2 Å². The van der Waals surface area contributed by atoms with Gasteiger partial charge in [0.15, 0.2) is 5.75 Å². The molecule has 1 heterocycles. The van der Waals surface area contributed by atoms with Crippen LogP contribution in [0, 0.1) is 0 Å². The maximum absolute atomic E-state index is 12.0. The van der Waals surface area contributed by atoms with Crippen molar-refractivity contribution in [3.8, 4) is 5.75 Å². The maximum atomic E-state index is 12.0. The van der Waals surface area contributed by atoms with Gasteiger partial charge in [-0.3, -0.25) is 9.59 Å². The predicted octanol–water partition coefficient (Wildman–Crippen LogP) is 1.61.